The number of amides is 4. The number of nitrogens with two attached hydrogens (primary N) is 1. The van der Waals surface area contributed by atoms with Crippen molar-refractivity contribution in [2.45, 2.75) is 84.1 Å². The summed E-state index contributed by atoms with van der Waals surface area (Å²) in [5, 5.41) is 24.7. The van der Waals surface area contributed by atoms with Crippen molar-refractivity contribution in [2.75, 3.05) is 37.7 Å². The van der Waals surface area contributed by atoms with Gasteiger partial charge in [-0.15, -0.1) is 0 Å². The van der Waals surface area contributed by atoms with E-state index in [9.17, 15) is 55.1 Å². The fourth-order valence-electron chi connectivity index (χ4n) is 7.77. The average Bonchev–Trinajstić information content (AvgIpc) is 3.81. The van der Waals surface area contributed by atoms with E-state index in [0.29, 0.717) is 23.4 Å². The number of alkyl halides is 3. The molecule has 0 aliphatic heterocycles. The Morgan fingerprint density at radius 3 is 1.79 bits per heavy atom. The van der Waals surface area contributed by atoms with E-state index in [1.807, 2.05) is 61.7 Å². The molecule has 78 heavy (non-hydrogen) atoms. The number of aromatic nitrogens is 1. The molecule has 0 radical (unpaired) electrons. The van der Waals surface area contributed by atoms with Gasteiger partial charge in [-0.1, -0.05) is 112 Å². The van der Waals surface area contributed by atoms with Crippen molar-refractivity contribution < 1.29 is 78.8 Å². The van der Waals surface area contributed by atoms with Gasteiger partial charge in [0, 0.05) is 55.6 Å². The zero-order chi connectivity index (χ0) is 57.6. The lowest BCUT2D eigenvalue weighted by Crippen LogP contribution is -2.48. The van der Waals surface area contributed by atoms with Crippen molar-refractivity contribution in [3.63, 3.8) is 0 Å². The van der Waals surface area contributed by atoms with E-state index in [4.69, 9.17) is 25.1 Å². The number of nitrogens with zero attached hydrogens (tertiary/aromatic N) is 2. The average molecular weight is 1120 g/mol. The summed E-state index contributed by atoms with van der Waals surface area (Å²) < 4.78 is 99.8. The van der Waals surface area contributed by atoms with E-state index in [0.717, 1.165) is 29.3 Å². The van der Waals surface area contributed by atoms with Crippen molar-refractivity contribution in [1.29, 1.82) is 0 Å². The smallest absolute Gasteiger partial charge is 0.475 e. The molecule has 0 saturated heterocycles. The zero-order valence-corrected chi connectivity index (χ0v) is 43.8. The number of benzene rings is 4. The fraction of sp³-hybridized carbons (Fsp3) is 0.370. The highest BCUT2D eigenvalue weighted by molar-refractivity contribution is 7.91. The minimum Gasteiger partial charge on any atom is -0.475 e. The third-order valence-corrected chi connectivity index (χ3v) is 13.3. The molecule has 0 saturated carbocycles. The van der Waals surface area contributed by atoms with E-state index >= 15 is 4.39 Å². The predicted molar refractivity (Wildman–Crippen MR) is 276 cm³/mol. The molecule has 422 valence electrons. The first-order valence-corrected chi connectivity index (χ1v) is 26.2. The maximum atomic E-state index is 15.1. The van der Waals surface area contributed by atoms with Crippen LogP contribution in [0.5, 0.6) is 0 Å². The highest BCUT2D eigenvalue weighted by Gasteiger charge is 2.39. The molecular weight excluding hydrogens is 1050 g/mol. The molecule has 7 N–H and O–H groups in total. The molecule has 18 nitrogen and oxygen atoms in total. The van der Waals surface area contributed by atoms with Crippen LogP contribution in [-0.4, -0.2) is 120 Å². The van der Waals surface area contributed by atoms with E-state index < -0.39 is 105 Å². The van der Waals surface area contributed by atoms with E-state index in [1.165, 1.54) is 4.90 Å². The highest BCUT2D eigenvalue weighted by Crippen LogP contribution is 2.41. The number of rotatable bonds is 25. The van der Waals surface area contributed by atoms with Crippen LogP contribution < -0.4 is 21.7 Å². The van der Waals surface area contributed by atoms with Crippen LogP contribution >= 0.6 is 0 Å². The predicted octanol–water partition coefficient (Wildman–Crippen LogP) is 6.21. The van der Waals surface area contributed by atoms with Gasteiger partial charge in [0.2, 0.25) is 17.7 Å². The molecule has 5 rings (SSSR count). The molecule has 0 unspecified atom stereocenters. The summed E-state index contributed by atoms with van der Waals surface area (Å²) >= 11 is 0. The Morgan fingerprint density at radius 1 is 0.744 bits per heavy atom. The monoisotopic (exact) mass is 1110 g/mol. The lowest BCUT2D eigenvalue weighted by atomic mass is 9.82. The number of ether oxygens (including phenoxy) is 2. The lowest BCUT2D eigenvalue weighted by Gasteiger charge is -2.41. The second kappa shape index (κ2) is 29.7. The number of carbonyl (C=O) groups is 6. The topological polar surface area (TPSA) is 266 Å². The molecule has 0 spiro atoms. The Kier molecular flexibility index (Phi) is 23.9. The number of aliphatic hydroxyl groups excluding tert-OH is 1. The van der Waals surface area contributed by atoms with Crippen LogP contribution in [0.3, 0.4) is 0 Å². The molecule has 0 fully saturated rings. The van der Waals surface area contributed by atoms with Crippen molar-refractivity contribution in [3.8, 4) is 11.1 Å². The molecule has 24 heteroatoms. The van der Waals surface area contributed by atoms with Gasteiger partial charge in [-0.05, 0) is 59.2 Å². The van der Waals surface area contributed by atoms with Gasteiger partial charge in [0.15, 0.2) is 9.84 Å². The quantitative estimate of drug-likeness (QED) is 0.0281. The maximum absolute atomic E-state index is 15.1. The van der Waals surface area contributed by atoms with Gasteiger partial charge in [0.1, 0.15) is 37.5 Å². The van der Waals surface area contributed by atoms with Gasteiger partial charge in [-0.25, -0.2) is 26.8 Å². The summed E-state index contributed by atoms with van der Waals surface area (Å²) in [5.74, 6) is -7.85. The number of carboxylic acid groups (broad SMARTS) is 1. The van der Waals surface area contributed by atoms with Crippen LogP contribution in [0.4, 0.5) is 26.7 Å². The van der Waals surface area contributed by atoms with Crippen LogP contribution in [0.15, 0.2) is 121 Å². The standard InChI is InChI=1S/C52H62F2N6O10S.C2HF3O2/c1-52(2,3)48(45-29-39(41-30-40(53)19-20-42(41)54)32-59(45)31-36-13-7-4-8-14-36)60(46(62)33-61)26-23-43(55)49(64)56-24-27-71(67,68)28-25-57-50(65)44(58-51(66)70-35-38-17-11-6-12-18-38)21-22-47(63)69-34-37-15-9-5-10-16-37;3-2(4,5)1(6)7/h4-20,29-30,32,43-44,48,61H,21-28,31,33-35,55H2,1-3H3,(H,56,64)(H,57,65)(H,58,66);(H,6,7)/t43-,44+,48-;/m0./s1. The Balaban J connectivity index is 0.00000175. The van der Waals surface area contributed by atoms with Gasteiger partial charge in [-0.3, -0.25) is 19.2 Å². The largest absolute Gasteiger partial charge is 0.490 e. The molecule has 0 bridgehead atoms. The summed E-state index contributed by atoms with van der Waals surface area (Å²) in [4.78, 5) is 75.6. The Morgan fingerprint density at radius 2 is 1.27 bits per heavy atom. The van der Waals surface area contributed by atoms with Crippen molar-refractivity contribution in [1.82, 2.24) is 25.4 Å². The third kappa shape index (κ3) is 21.0. The Labute approximate surface area is 448 Å². The van der Waals surface area contributed by atoms with Crippen LogP contribution in [0.1, 0.15) is 68.5 Å². The number of hydrogen-bond donors (Lipinski definition) is 6. The highest BCUT2D eigenvalue weighted by atomic mass is 32.2. The number of halogens is 5. The number of carbonyl (C=O) groups excluding carboxylic acids is 5. The molecular formula is C54H63F5N6O12S. The summed E-state index contributed by atoms with van der Waals surface area (Å²) in [5.41, 5.74) is 8.84. The number of hydrogen-bond acceptors (Lipinski definition) is 12. The number of carboxylic acids is 1. The number of esters is 1. The van der Waals surface area contributed by atoms with Crippen molar-refractivity contribution in [3.05, 3.63) is 155 Å². The first kappa shape index (κ1) is 62.8. The number of nitrogens with one attached hydrogen (secondary N) is 3. The lowest BCUT2D eigenvalue weighted by molar-refractivity contribution is -0.192. The van der Waals surface area contributed by atoms with E-state index in [-0.39, 0.29) is 57.7 Å². The molecule has 0 aliphatic carbocycles. The Hall–Kier alpha value is -7.70. The number of alkyl carbamates (subject to hydrolysis) is 1. The zero-order valence-electron chi connectivity index (χ0n) is 43.0. The first-order chi connectivity index (χ1) is 36.8. The molecule has 1 aromatic heterocycles. The van der Waals surface area contributed by atoms with Crippen LogP contribution in [0, 0.1) is 17.0 Å². The second-order valence-corrected chi connectivity index (χ2v) is 21.1. The van der Waals surface area contributed by atoms with Gasteiger partial charge in [0.05, 0.1) is 23.6 Å². The van der Waals surface area contributed by atoms with Gasteiger partial charge >= 0.3 is 24.2 Å². The van der Waals surface area contributed by atoms with Crippen LogP contribution in [0.25, 0.3) is 11.1 Å². The first-order valence-electron chi connectivity index (χ1n) is 24.4. The molecule has 0 aliphatic rings. The third-order valence-electron chi connectivity index (χ3n) is 11.6. The maximum Gasteiger partial charge on any atom is 0.490 e. The van der Waals surface area contributed by atoms with Crippen LogP contribution in [0.2, 0.25) is 0 Å². The van der Waals surface area contributed by atoms with Gasteiger partial charge < -0.3 is 50.8 Å². The summed E-state index contributed by atoms with van der Waals surface area (Å²) in [6, 6.07) is 28.7. The summed E-state index contributed by atoms with van der Waals surface area (Å²) in [7, 11) is -3.88. The minimum absolute atomic E-state index is 0.00782. The fourth-order valence-corrected chi connectivity index (χ4v) is 8.80. The molecule has 4 amide bonds. The normalized spacial score (nSPS) is 12.6. The second-order valence-electron chi connectivity index (χ2n) is 18.8. The Bertz CT molecular complexity index is 2890. The number of aliphatic hydroxyl groups is 1. The molecule has 4 aromatic carbocycles. The molecule has 1 heterocycles. The molecule has 3 atom stereocenters. The number of aliphatic carboxylic acids is 1. The van der Waals surface area contributed by atoms with Crippen LogP contribution in [-0.2, 0) is 63.0 Å². The SMILES string of the molecule is CC(C)(C)[C@H](c1cc(-c2cc(F)ccc2F)cn1Cc1ccccc1)N(CC[C@H](N)C(=O)NCCS(=O)(=O)CCNC(=O)[C@@H](CCC(=O)OCc1ccccc1)NC(=O)OCc1ccccc1)C(=O)CO.O=C(O)C(F)(F)F. The number of sulfone groups is 1. The summed E-state index contributed by atoms with van der Waals surface area (Å²) in [6.45, 7) is 4.16. The van der Waals surface area contributed by atoms with Crippen molar-refractivity contribution in [2.24, 2.45) is 11.1 Å². The van der Waals surface area contributed by atoms with Gasteiger partial charge in [-0.2, -0.15) is 13.2 Å². The van der Waals surface area contributed by atoms with E-state index in [1.54, 1.807) is 66.9 Å². The minimum atomic E-state index is -5.08. The van der Waals surface area contributed by atoms with Crippen molar-refractivity contribution >= 4 is 45.6 Å². The van der Waals surface area contributed by atoms with E-state index in [2.05, 4.69) is 16.0 Å². The summed E-state index contributed by atoms with van der Waals surface area (Å²) in [6.07, 6.45) is -4.87. The van der Waals surface area contributed by atoms with Gasteiger partial charge in [0.25, 0.3) is 0 Å². The molecule has 5 aromatic rings.